The van der Waals surface area contributed by atoms with Crippen molar-refractivity contribution >= 4 is 17.4 Å². The number of benzene rings is 1. The zero-order valence-electron chi connectivity index (χ0n) is 20.2. The van der Waals surface area contributed by atoms with Crippen LogP contribution in [0.1, 0.15) is 12.8 Å². The number of carbonyl (C=O) groups excluding carboxylic acids is 1. The Morgan fingerprint density at radius 1 is 1.17 bits per heavy atom. The zero-order valence-corrected chi connectivity index (χ0v) is 20.2. The molecule has 0 aromatic heterocycles. The number of urea groups is 1. The maximum absolute atomic E-state index is 12.4. The second-order valence-electron chi connectivity index (χ2n) is 10.1. The predicted molar refractivity (Wildman–Crippen MR) is 134 cm³/mol. The molecule has 5 unspecified atom stereocenters. The Hall–Kier alpha value is -3.49. The van der Waals surface area contributed by atoms with E-state index in [0.717, 1.165) is 30.8 Å². The number of non-ortho nitro benzene ring substituents is 1. The van der Waals surface area contributed by atoms with E-state index in [1.165, 1.54) is 17.8 Å². The van der Waals surface area contributed by atoms with E-state index in [4.69, 9.17) is 10.5 Å². The van der Waals surface area contributed by atoms with Gasteiger partial charge in [0, 0.05) is 68.6 Å². The lowest BCUT2D eigenvalue weighted by atomic mass is 9.69. The van der Waals surface area contributed by atoms with Gasteiger partial charge < -0.3 is 25.2 Å². The number of piperazine rings is 1. The van der Waals surface area contributed by atoms with Crippen molar-refractivity contribution in [2.75, 3.05) is 45.2 Å². The van der Waals surface area contributed by atoms with E-state index in [1.54, 1.807) is 19.2 Å². The van der Waals surface area contributed by atoms with Crippen molar-refractivity contribution in [1.29, 1.82) is 0 Å². The normalized spacial score (nSPS) is 30.1. The number of primary amides is 1. The molecule has 1 aromatic carbocycles. The highest BCUT2D eigenvalue weighted by atomic mass is 16.6. The van der Waals surface area contributed by atoms with Gasteiger partial charge in [-0.3, -0.25) is 10.1 Å². The number of hydrogen-bond acceptors (Lipinski definition) is 6. The number of rotatable bonds is 4. The standard InChI is InChI=1S/C26H33N5O4/c1-28-15-19(12-18-13-22-17(14-23(18)28)4-3-5-25(22)35-2)24-16-29(10-11-30(24)26(27)32)20-6-8-21(9-7-20)31(33)34/h3-9,14,17-19,22,24H,10-13,15-16H2,1-2H3,(H2,27,32). The lowest BCUT2D eigenvalue weighted by Crippen LogP contribution is -2.61. The molecule has 5 atom stereocenters. The molecule has 0 radical (unpaired) electrons. The minimum atomic E-state index is -0.387. The van der Waals surface area contributed by atoms with Gasteiger partial charge in [-0.15, -0.1) is 0 Å². The SMILES string of the molecule is COC1=CC=CC2C=C3C(CC(C4CN(c5ccc([N+](=O)[O-])cc5)CCN4C(N)=O)CN3C)CC12. The highest BCUT2D eigenvalue weighted by Crippen LogP contribution is 2.46. The van der Waals surface area contributed by atoms with Gasteiger partial charge in [-0.05, 0) is 42.9 Å². The quantitative estimate of drug-likeness (QED) is 0.525. The Morgan fingerprint density at radius 2 is 1.94 bits per heavy atom. The van der Waals surface area contributed by atoms with Crippen LogP contribution in [0, 0.1) is 33.8 Å². The summed E-state index contributed by atoms with van der Waals surface area (Å²) in [6.07, 6.45) is 10.8. The summed E-state index contributed by atoms with van der Waals surface area (Å²) in [6, 6.07) is 6.25. The van der Waals surface area contributed by atoms with Crippen molar-refractivity contribution in [3.8, 4) is 0 Å². The number of nitrogens with two attached hydrogens (primary N) is 1. The van der Waals surface area contributed by atoms with Crippen LogP contribution in [0.3, 0.4) is 0 Å². The molecule has 2 amide bonds. The summed E-state index contributed by atoms with van der Waals surface area (Å²) in [6.45, 7) is 2.70. The molecule has 2 N–H and O–H groups in total. The van der Waals surface area contributed by atoms with Crippen molar-refractivity contribution in [1.82, 2.24) is 9.80 Å². The minimum Gasteiger partial charge on any atom is -0.501 e. The van der Waals surface area contributed by atoms with Gasteiger partial charge in [0.05, 0.1) is 23.8 Å². The van der Waals surface area contributed by atoms with Crippen molar-refractivity contribution in [3.63, 3.8) is 0 Å². The molecule has 9 nitrogen and oxygen atoms in total. The zero-order chi connectivity index (χ0) is 24.7. The molecule has 2 aliphatic heterocycles. The molecular weight excluding hydrogens is 446 g/mol. The van der Waals surface area contributed by atoms with E-state index >= 15 is 0 Å². The monoisotopic (exact) mass is 479 g/mol. The topological polar surface area (TPSA) is 105 Å². The van der Waals surface area contributed by atoms with E-state index < -0.39 is 0 Å². The molecule has 2 aliphatic carbocycles. The molecular formula is C26H33N5O4. The fourth-order valence-corrected chi connectivity index (χ4v) is 6.49. The van der Waals surface area contributed by atoms with Gasteiger partial charge in [-0.25, -0.2) is 4.79 Å². The maximum Gasteiger partial charge on any atom is 0.315 e. The highest BCUT2D eigenvalue weighted by Gasteiger charge is 2.43. The number of likely N-dealkylation sites (tertiary alicyclic amines) is 1. The first-order chi connectivity index (χ1) is 16.9. The van der Waals surface area contributed by atoms with Crippen molar-refractivity contribution in [2.45, 2.75) is 18.9 Å². The van der Waals surface area contributed by atoms with E-state index in [9.17, 15) is 14.9 Å². The smallest absolute Gasteiger partial charge is 0.315 e. The Bertz CT molecular complexity index is 1080. The third-order valence-corrected chi connectivity index (χ3v) is 8.19. The van der Waals surface area contributed by atoms with Crippen LogP contribution < -0.4 is 10.6 Å². The Labute approximate surface area is 205 Å². The Balaban J connectivity index is 1.37. The Morgan fingerprint density at radius 3 is 2.63 bits per heavy atom. The van der Waals surface area contributed by atoms with Gasteiger partial charge in [-0.1, -0.05) is 18.2 Å². The molecule has 9 heteroatoms. The molecule has 2 heterocycles. The van der Waals surface area contributed by atoms with E-state index in [1.807, 2.05) is 4.90 Å². The molecule has 35 heavy (non-hydrogen) atoms. The summed E-state index contributed by atoms with van der Waals surface area (Å²) in [5.74, 6) is 2.41. The molecule has 0 spiro atoms. The van der Waals surface area contributed by atoms with Crippen LogP contribution in [0.2, 0.25) is 0 Å². The summed E-state index contributed by atoms with van der Waals surface area (Å²) in [4.78, 5) is 29.5. The average molecular weight is 480 g/mol. The molecule has 4 aliphatic rings. The van der Waals surface area contributed by atoms with Crippen LogP contribution in [-0.4, -0.2) is 67.1 Å². The van der Waals surface area contributed by atoms with Crippen LogP contribution in [0.25, 0.3) is 0 Å². The van der Waals surface area contributed by atoms with Crippen molar-refractivity contribution < 1.29 is 14.5 Å². The first-order valence-corrected chi connectivity index (χ1v) is 12.3. The number of carbonyl (C=O) groups is 1. The first-order valence-electron chi connectivity index (χ1n) is 12.3. The molecule has 2 saturated heterocycles. The van der Waals surface area contributed by atoms with Crippen LogP contribution in [0.5, 0.6) is 0 Å². The molecule has 0 bridgehead atoms. The molecule has 1 aromatic rings. The van der Waals surface area contributed by atoms with Gasteiger partial charge in [0.25, 0.3) is 5.69 Å². The van der Waals surface area contributed by atoms with Crippen molar-refractivity contribution in [3.05, 3.63) is 70.1 Å². The molecule has 186 valence electrons. The van der Waals surface area contributed by atoms with Gasteiger partial charge in [0.2, 0.25) is 0 Å². The summed E-state index contributed by atoms with van der Waals surface area (Å²) in [5.41, 5.74) is 8.22. The predicted octanol–water partition coefficient (Wildman–Crippen LogP) is 3.35. The molecule has 2 fully saturated rings. The minimum absolute atomic E-state index is 0.0261. The van der Waals surface area contributed by atoms with E-state index in [0.29, 0.717) is 37.4 Å². The van der Waals surface area contributed by atoms with E-state index in [-0.39, 0.29) is 28.6 Å². The highest BCUT2D eigenvalue weighted by molar-refractivity contribution is 5.73. The van der Waals surface area contributed by atoms with Crippen LogP contribution >= 0.6 is 0 Å². The molecule has 5 rings (SSSR count). The average Bonchev–Trinajstić information content (AvgIpc) is 2.87. The number of nitro benzene ring substituents is 1. The number of hydrogen-bond donors (Lipinski definition) is 1. The number of amides is 2. The van der Waals surface area contributed by atoms with Gasteiger partial charge in [0.15, 0.2) is 0 Å². The summed E-state index contributed by atoms with van der Waals surface area (Å²) in [7, 11) is 3.90. The largest absolute Gasteiger partial charge is 0.501 e. The maximum atomic E-state index is 12.4. The molecule has 0 saturated carbocycles. The third kappa shape index (κ3) is 4.35. The number of anilines is 1. The fourth-order valence-electron chi connectivity index (χ4n) is 6.49. The lowest BCUT2D eigenvalue weighted by molar-refractivity contribution is -0.384. The number of nitrogens with zero attached hydrogens (tertiary/aromatic N) is 4. The van der Waals surface area contributed by atoms with Crippen LogP contribution in [0.4, 0.5) is 16.2 Å². The van der Waals surface area contributed by atoms with Gasteiger partial charge >= 0.3 is 6.03 Å². The number of methoxy groups -OCH3 is 1. The number of ether oxygens (including phenoxy) is 1. The van der Waals surface area contributed by atoms with E-state index in [2.05, 4.69) is 41.2 Å². The Kier molecular flexibility index (Phi) is 6.17. The second kappa shape index (κ2) is 9.28. The summed E-state index contributed by atoms with van der Waals surface area (Å²) >= 11 is 0. The third-order valence-electron chi connectivity index (χ3n) is 8.19. The summed E-state index contributed by atoms with van der Waals surface area (Å²) in [5, 5.41) is 11.0. The lowest BCUT2D eigenvalue weighted by Gasteiger charge is -2.51. The fraction of sp³-hybridized carbons (Fsp3) is 0.500. The number of nitro groups is 1. The number of fused-ring (bicyclic) bond motifs is 2. The van der Waals surface area contributed by atoms with Gasteiger partial charge in [-0.2, -0.15) is 0 Å². The summed E-state index contributed by atoms with van der Waals surface area (Å²) < 4.78 is 5.69. The van der Waals surface area contributed by atoms with Crippen LogP contribution in [-0.2, 0) is 4.74 Å². The van der Waals surface area contributed by atoms with Crippen molar-refractivity contribution in [2.24, 2.45) is 29.4 Å². The van der Waals surface area contributed by atoms with Crippen LogP contribution in [0.15, 0.2) is 60.0 Å². The first kappa shape index (κ1) is 23.3. The number of allylic oxidation sites excluding steroid dienone is 6. The number of piperidine rings is 1. The second-order valence-corrected chi connectivity index (χ2v) is 10.1. The van der Waals surface area contributed by atoms with Gasteiger partial charge in [0.1, 0.15) is 0 Å².